The third-order valence-electron chi connectivity index (χ3n) is 4.02. The molecule has 0 bridgehead atoms. The summed E-state index contributed by atoms with van der Waals surface area (Å²) in [5, 5.41) is 9.77. The van der Waals surface area contributed by atoms with Crippen LogP contribution in [0.25, 0.3) is 22.3 Å². The zero-order valence-electron chi connectivity index (χ0n) is 14.8. The molecule has 1 amide bonds. The summed E-state index contributed by atoms with van der Waals surface area (Å²) < 4.78 is 28.9. The van der Waals surface area contributed by atoms with Gasteiger partial charge in [0, 0.05) is 22.9 Å². The number of fused-ring (bicyclic) bond motifs is 1. The van der Waals surface area contributed by atoms with Gasteiger partial charge < -0.3 is 30.5 Å². The van der Waals surface area contributed by atoms with Crippen LogP contribution >= 0.6 is 0 Å². The fraction of sp³-hybridized carbons (Fsp3) is 0.158. The first-order valence-corrected chi connectivity index (χ1v) is 8.14. The van der Waals surface area contributed by atoms with Crippen LogP contribution in [0, 0.1) is 5.82 Å². The van der Waals surface area contributed by atoms with Crippen molar-refractivity contribution in [1.82, 2.24) is 0 Å². The van der Waals surface area contributed by atoms with E-state index in [0.717, 1.165) is 0 Å². The van der Waals surface area contributed by atoms with E-state index in [0.29, 0.717) is 16.9 Å². The number of aliphatic hydroxyl groups is 1. The number of halogens is 1. The van der Waals surface area contributed by atoms with Crippen LogP contribution in [-0.4, -0.2) is 30.5 Å². The van der Waals surface area contributed by atoms with Gasteiger partial charge in [0.25, 0.3) is 0 Å². The lowest BCUT2D eigenvalue weighted by molar-refractivity contribution is 0.0640. The highest BCUT2D eigenvalue weighted by Gasteiger charge is 2.26. The van der Waals surface area contributed by atoms with Gasteiger partial charge in [0.05, 0.1) is 7.11 Å². The minimum absolute atomic E-state index is 0.0637. The summed E-state index contributed by atoms with van der Waals surface area (Å²) >= 11 is 0. The topological polar surface area (TPSA) is 138 Å². The van der Waals surface area contributed by atoms with Gasteiger partial charge >= 0.3 is 12.1 Å². The van der Waals surface area contributed by atoms with Crippen molar-refractivity contribution in [3.63, 3.8) is 0 Å². The van der Waals surface area contributed by atoms with E-state index in [9.17, 15) is 19.1 Å². The summed E-state index contributed by atoms with van der Waals surface area (Å²) in [7, 11) is 1.41. The van der Waals surface area contributed by atoms with Crippen LogP contribution in [0.3, 0.4) is 0 Å². The molecule has 9 heteroatoms. The Balaban J connectivity index is 2.26. The third-order valence-corrected chi connectivity index (χ3v) is 4.02. The number of furan rings is 1. The Bertz CT molecular complexity index is 1040. The Morgan fingerprint density at radius 3 is 2.50 bits per heavy atom. The first-order chi connectivity index (χ1) is 13.3. The molecule has 5 N–H and O–H groups in total. The summed E-state index contributed by atoms with van der Waals surface area (Å²) in [4.78, 5) is 23.6. The Kier molecular flexibility index (Phi) is 5.30. The fourth-order valence-corrected chi connectivity index (χ4v) is 2.89. The molecule has 0 radical (unpaired) electrons. The second kappa shape index (κ2) is 7.67. The highest BCUT2D eigenvalue weighted by Crippen LogP contribution is 2.38. The minimum Gasteiger partial charge on any atom is -0.496 e. The predicted molar refractivity (Wildman–Crippen MR) is 97.1 cm³/mol. The maximum atomic E-state index is 13.3. The van der Waals surface area contributed by atoms with E-state index in [1.807, 2.05) is 0 Å². The zero-order chi connectivity index (χ0) is 20.4. The van der Waals surface area contributed by atoms with E-state index in [2.05, 4.69) is 4.74 Å². The molecule has 3 rings (SSSR count). The van der Waals surface area contributed by atoms with Gasteiger partial charge in [-0.2, -0.15) is 0 Å². The molecule has 0 saturated heterocycles. The van der Waals surface area contributed by atoms with Crippen molar-refractivity contribution in [2.24, 2.45) is 11.5 Å². The van der Waals surface area contributed by atoms with Crippen LogP contribution in [0.5, 0.6) is 5.75 Å². The lowest BCUT2D eigenvalue weighted by atomic mass is 10.0. The monoisotopic (exact) mass is 388 g/mol. The summed E-state index contributed by atoms with van der Waals surface area (Å²) in [6.07, 6.45) is -2.33. The number of ether oxygens (including phenoxy) is 2. The molecule has 3 aromatic rings. The van der Waals surface area contributed by atoms with Crippen molar-refractivity contribution in [2.75, 3.05) is 7.11 Å². The van der Waals surface area contributed by atoms with Crippen LogP contribution in [0.15, 0.2) is 40.8 Å². The van der Waals surface area contributed by atoms with Crippen molar-refractivity contribution in [3.8, 4) is 17.1 Å². The van der Waals surface area contributed by atoms with E-state index in [1.165, 1.54) is 37.4 Å². The highest BCUT2D eigenvalue weighted by atomic mass is 19.1. The number of benzene rings is 2. The van der Waals surface area contributed by atoms with Gasteiger partial charge in [-0.05, 0) is 36.4 Å². The number of nitrogens with two attached hydrogens (primary N) is 2. The average molecular weight is 388 g/mol. The van der Waals surface area contributed by atoms with Crippen molar-refractivity contribution < 1.29 is 33.0 Å². The molecule has 1 heterocycles. The van der Waals surface area contributed by atoms with Crippen molar-refractivity contribution >= 4 is 23.0 Å². The number of carbonyl (C=O) groups excluding carboxylic acids is 2. The van der Waals surface area contributed by atoms with E-state index < -0.39 is 24.1 Å². The maximum absolute atomic E-state index is 13.3. The van der Waals surface area contributed by atoms with Crippen LogP contribution in [-0.2, 0) is 11.2 Å². The van der Waals surface area contributed by atoms with Crippen LogP contribution < -0.4 is 16.2 Å². The molecule has 2 aromatic carbocycles. The number of primary amides is 1. The summed E-state index contributed by atoms with van der Waals surface area (Å²) in [5.74, 6) is -1.09. The number of hydrogen-bond donors (Lipinski definition) is 3. The first-order valence-electron chi connectivity index (χ1n) is 8.14. The van der Waals surface area contributed by atoms with Crippen molar-refractivity contribution in [3.05, 3.63) is 53.3 Å². The Morgan fingerprint density at radius 1 is 1.25 bits per heavy atom. The van der Waals surface area contributed by atoms with Gasteiger partial charge in [-0.1, -0.05) is 0 Å². The Morgan fingerprint density at radius 2 is 1.93 bits per heavy atom. The Labute approximate surface area is 158 Å². The molecule has 28 heavy (non-hydrogen) atoms. The smallest absolute Gasteiger partial charge is 0.412 e. The van der Waals surface area contributed by atoms with Crippen LogP contribution in [0.2, 0.25) is 0 Å². The van der Waals surface area contributed by atoms with Gasteiger partial charge in [-0.15, -0.1) is 0 Å². The molecule has 1 aromatic heterocycles. The standard InChI is InChI=1S/C19H17FN2O6/c1-26-13-8-12-14(6-10(13)7-15(21)23)27-17(9-2-4-11(20)5-3-9)16(12)18(24)28-19(22)25/h2-6,8,15,23H,7,21H2,1H3,(H2,22,25). The van der Waals surface area contributed by atoms with E-state index in [1.54, 1.807) is 6.07 Å². The van der Waals surface area contributed by atoms with Crippen molar-refractivity contribution in [2.45, 2.75) is 12.6 Å². The number of rotatable bonds is 5. The molecule has 146 valence electrons. The predicted octanol–water partition coefficient (Wildman–Crippen LogP) is 2.30. The van der Waals surface area contributed by atoms with Crippen molar-refractivity contribution in [1.29, 1.82) is 0 Å². The largest absolute Gasteiger partial charge is 0.496 e. The molecule has 0 saturated carbocycles. The van der Waals surface area contributed by atoms with Gasteiger partial charge in [0.15, 0.2) is 0 Å². The van der Waals surface area contributed by atoms with E-state index >= 15 is 0 Å². The zero-order valence-corrected chi connectivity index (χ0v) is 14.8. The maximum Gasteiger partial charge on any atom is 0.412 e. The number of amides is 1. The molecule has 0 aliphatic rings. The fourth-order valence-electron chi connectivity index (χ4n) is 2.89. The number of aliphatic hydroxyl groups excluding tert-OH is 1. The van der Waals surface area contributed by atoms with Gasteiger partial charge in [0.2, 0.25) is 0 Å². The number of esters is 1. The molecule has 1 unspecified atom stereocenters. The molecule has 0 aliphatic carbocycles. The second-order valence-electron chi connectivity index (χ2n) is 5.95. The lowest BCUT2D eigenvalue weighted by Gasteiger charge is -2.10. The number of carbonyl (C=O) groups is 2. The first kappa shape index (κ1) is 19.3. The normalized spacial score (nSPS) is 12.0. The quantitative estimate of drug-likeness (QED) is 0.346. The molecule has 0 spiro atoms. The summed E-state index contributed by atoms with van der Waals surface area (Å²) in [6, 6.07) is 8.27. The van der Waals surface area contributed by atoms with Crippen LogP contribution in [0.1, 0.15) is 15.9 Å². The lowest BCUT2D eigenvalue weighted by Crippen LogP contribution is -2.21. The van der Waals surface area contributed by atoms with Crippen LogP contribution in [0.4, 0.5) is 9.18 Å². The minimum atomic E-state index is -1.28. The van der Waals surface area contributed by atoms with Gasteiger partial charge in [-0.25, -0.2) is 14.0 Å². The summed E-state index contributed by atoms with van der Waals surface area (Å²) in [5.41, 5.74) is 11.5. The third kappa shape index (κ3) is 3.80. The number of methoxy groups -OCH3 is 1. The molecule has 0 aliphatic heterocycles. The number of hydrogen-bond acceptors (Lipinski definition) is 7. The molecular formula is C19H17FN2O6. The summed E-state index contributed by atoms with van der Waals surface area (Å²) in [6.45, 7) is 0. The highest BCUT2D eigenvalue weighted by molar-refractivity contribution is 6.11. The molecular weight excluding hydrogens is 371 g/mol. The SMILES string of the molecule is COc1cc2c(C(=O)OC(N)=O)c(-c3ccc(F)cc3)oc2cc1CC(N)O. The average Bonchev–Trinajstić information content (AvgIpc) is 2.98. The van der Waals surface area contributed by atoms with E-state index in [4.69, 9.17) is 20.6 Å². The van der Waals surface area contributed by atoms with Gasteiger partial charge in [-0.3, -0.25) is 0 Å². The second-order valence-corrected chi connectivity index (χ2v) is 5.95. The van der Waals surface area contributed by atoms with E-state index in [-0.39, 0.29) is 28.7 Å². The molecule has 0 fully saturated rings. The molecule has 8 nitrogen and oxygen atoms in total. The van der Waals surface area contributed by atoms with Gasteiger partial charge in [0.1, 0.15) is 34.7 Å². The Hall–Kier alpha value is -3.43. The molecule has 1 atom stereocenters.